The molecule has 32 heavy (non-hydrogen) atoms. The second-order valence-electron chi connectivity index (χ2n) is 8.60. The monoisotopic (exact) mass is 432 g/mol. The van der Waals surface area contributed by atoms with Crippen LogP contribution in [0.15, 0.2) is 54.7 Å². The number of hydrogen-bond acceptors (Lipinski definition) is 4. The molecular formula is C26H29FN4O. The van der Waals surface area contributed by atoms with Gasteiger partial charge in [0.2, 0.25) is 0 Å². The topological polar surface area (TPSA) is 58.1 Å². The number of nitrogens with one attached hydrogen (secondary N) is 1. The molecule has 1 saturated heterocycles. The fraction of sp³-hybridized carbons (Fsp3) is 0.346. The Morgan fingerprint density at radius 3 is 2.72 bits per heavy atom. The lowest BCUT2D eigenvalue weighted by atomic mass is 9.96. The van der Waals surface area contributed by atoms with Gasteiger partial charge in [0.25, 0.3) is 5.91 Å². The molecular weight excluding hydrogens is 403 g/mol. The first-order valence-electron chi connectivity index (χ1n) is 11.1. The molecule has 0 bridgehead atoms. The largest absolute Gasteiger partial charge is 0.348 e. The van der Waals surface area contributed by atoms with Crippen molar-refractivity contribution in [1.82, 2.24) is 20.2 Å². The Labute approximate surface area is 188 Å². The quantitative estimate of drug-likeness (QED) is 0.621. The van der Waals surface area contributed by atoms with Gasteiger partial charge in [-0.25, -0.2) is 14.4 Å². The number of carbonyl (C=O) groups is 1. The molecule has 1 aromatic heterocycles. The molecule has 0 radical (unpaired) electrons. The van der Waals surface area contributed by atoms with Crippen LogP contribution in [0, 0.1) is 19.7 Å². The molecule has 6 heteroatoms. The van der Waals surface area contributed by atoms with Crippen molar-refractivity contribution < 1.29 is 9.18 Å². The number of aromatic nitrogens is 2. The summed E-state index contributed by atoms with van der Waals surface area (Å²) in [5.41, 5.74) is 4.61. The maximum atomic E-state index is 13.0. The van der Waals surface area contributed by atoms with Crippen molar-refractivity contribution in [1.29, 1.82) is 0 Å². The second-order valence-corrected chi connectivity index (χ2v) is 8.60. The van der Waals surface area contributed by atoms with E-state index in [1.807, 2.05) is 6.92 Å². The Hall–Kier alpha value is -3.12. The van der Waals surface area contributed by atoms with Crippen LogP contribution in [0.2, 0.25) is 0 Å². The summed E-state index contributed by atoms with van der Waals surface area (Å²) in [6.07, 6.45) is 3.80. The molecule has 1 N–H and O–H groups in total. The van der Waals surface area contributed by atoms with Crippen LogP contribution in [0.1, 0.15) is 57.3 Å². The zero-order valence-electron chi connectivity index (χ0n) is 18.6. The highest BCUT2D eigenvalue weighted by Gasteiger charge is 2.24. The molecule has 2 aromatic carbocycles. The fourth-order valence-electron chi connectivity index (χ4n) is 4.26. The molecule has 1 unspecified atom stereocenters. The summed E-state index contributed by atoms with van der Waals surface area (Å²) in [5.74, 6) is 0.568. The third-order valence-corrected chi connectivity index (χ3v) is 5.97. The van der Waals surface area contributed by atoms with Gasteiger partial charge in [-0.15, -0.1) is 0 Å². The van der Waals surface area contributed by atoms with Crippen molar-refractivity contribution in [3.05, 3.63) is 94.3 Å². The van der Waals surface area contributed by atoms with Crippen LogP contribution in [-0.4, -0.2) is 33.9 Å². The Balaban J connectivity index is 1.38. The first-order valence-corrected chi connectivity index (χ1v) is 11.1. The molecule has 3 aromatic rings. The van der Waals surface area contributed by atoms with Gasteiger partial charge in [0.15, 0.2) is 0 Å². The van der Waals surface area contributed by atoms with E-state index in [2.05, 4.69) is 46.4 Å². The third-order valence-electron chi connectivity index (χ3n) is 5.97. The molecule has 1 fully saturated rings. The minimum Gasteiger partial charge on any atom is -0.348 e. The summed E-state index contributed by atoms with van der Waals surface area (Å²) in [5, 5.41) is 2.86. The number of piperidine rings is 1. The van der Waals surface area contributed by atoms with Gasteiger partial charge in [-0.05, 0) is 56.5 Å². The van der Waals surface area contributed by atoms with Gasteiger partial charge in [0.1, 0.15) is 11.6 Å². The normalized spacial score (nSPS) is 16.7. The van der Waals surface area contributed by atoms with Crippen molar-refractivity contribution in [2.24, 2.45) is 0 Å². The maximum absolute atomic E-state index is 13.0. The number of carbonyl (C=O) groups excluding carboxylic acids is 1. The highest BCUT2D eigenvalue weighted by Crippen LogP contribution is 2.26. The van der Waals surface area contributed by atoms with Crippen LogP contribution in [0.4, 0.5) is 4.39 Å². The van der Waals surface area contributed by atoms with E-state index in [1.165, 1.54) is 23.3 Å². The standard InChI is InChI=1S/C26H29FN4O/c1-18-5-3-6-21(13-18)16-31-12-4-7-22(17-31)25-28-15-24(19(2)30-25)26(32)29-14-20-8-10-23(27)11-9-20/h3,5-6,8-11,13,15,22H,4,7,12,14,16-17H2,1-2H3,(H,29,32). The number of aryl methyl sites for hydroxylation is 2. The van der Waals surface area contributed by atoms with Gasteiger partial charge >= 0.3 is 0 Å². The van der Waals surface area contributed by atoms with Crippen molar-refractivity contribution in [3.63, 3.8) is 0 Å². The molecule has 0 saturated carbocycles. The molecule has 4 rings (SSSR count). The molecule has 166 valence electrons. The number of likely N-dealkylation sites (tertiary alicyclic amines) is 1. The summed E-state index contributed by atoms with van der Waals surface area (Å²) in [4.78, 5) is 24.3. The lowest BCUT2D eigenvalue weighted by Gasteiger charge is -2.32. The SMILES string of the molecule is Cc1cccc(CN2CCCC(c3ncc(C(=O)NCc4ccc(F)cc4)c(C)n3)C2)c1. The number of amides is 1. The van der Waals surface area contributed by atoms with Crippen LogP contribution in [-0.2, 0) is 13.1 Å². The third kappa shape index (κ3) is 5.56. The summed E-state index contributed by atoms with van der Waals surface area (Å²) < 4.78 is 13.0. The zero-order chi connectivity index (χ0) is 22.5. The Morgan fingerprint density at radius 2 is 1.97 bits per heavy atom. The predicted octanol–water partition coefficient (Wildman–Crippen LogP) is 4.54. The van der Waals surface area contributed by atoms with Crippen molar-refractivity contribution in [3.8, 4) is 0 Å². The van der Waals surface area contributed by atoms with Crippen LogP contribution in [0.3, 0.4) is 0 Å². The van der Waals surface area contributed by atoms with Crippen LogP contribution < -0.4 is 5.32 Å². The van der Waals surface area contributed by atoms with Gasteiger partial charge < -0.3 is 5.32 Å². The van der Waals surface area contributed by atoms with Crippen LogP contribution in [0.25, 0.3) is 0 Å². The van der Waals surface area contributed by atoms with Crippen molar-refractivity contribution >= 4 is 5.91 Å². The summed E-state index contributed by atoms with van der Waals surface area (Å²) in [6, 6.07) is 14.7. The van der Waals surface area contributed by atoms with Gasteiger partial charge in [0.05, 0.1) is 11.3 Å². The molecule has 5 nitrogen and oxygen atoms in total. The molecule has 2 heterocycles. The number of nitrogens with zero attached hydrogens (tertiary/aromatic N) is 3. The summed E-state index contributed by atoms with van der Waals surface area (Å²) in [7, 11) is 0. The van der Waals surface area contributed by atoms with Gasteiger partial charge in [-0.1, -0.05) is 42.0 Å². The minimum absolute atomic E-state index is 0.219. The summed E-state index contributed by atoms with van der Waals surface area (Å²) in [6.45, 7) is 7.23. The first-order chi connectivity index (χ1) is 15.5. The van der Waals surface area contributed by atoms with E-state index in [-0.39, 0.29) is 17.6 Å². The number of benzene rings is 2. The Bertz CT molecular complexity index is 1080. The van der Waals surface area contributed by atoms with Crippen molar-refractivity contribution in [2.45, 2.75) is 45.7 Å². The van der Waals surface area contributed by atoms with E-state index < -0.39 is 0 Å². The van der Waals surface area contributed by atoms with E-state index in [0.717, 1.165) is 43.9 Å². The highest BCUT2D eigenvalue weighted by atomic mass is 19.1. The average Bonchev–Trinajstić information content (AvgIpc) is 2.78. The molecule has 1 atom stereocenters. The Kier molecular flexibility index (Phi) is 6.90. The van der Waals surface area contributed by atoms with E-state index in [9.17, 15) is 9.18 Å². The molecule has 1 amide bonds. The fourth-order valence-corrected chi connectivity index (χ4v) is 4.26. The van der Waals surface area contributed by atoms with E-state index in [1.54, 1.807) is 18.3 Å². The smallest absolute Gasteiger partial charge is 0.254 e. The zero-order valence-corrected chi connectivity index (χ0v) is 18.6. The number of hydrogen-bond donors (Lipinski definition) is 1. The molecule has 1 aliphatic rings. The van der Waals surface area contributed by atoms with Gasteiger partial charge in [-0.3, -0.25) is 9.69 Å². The maximum Gasteiger partial charge on any atom is 0.254 e. The molecule has 0 aliphatic carbocycles. The number of rotatable bonds is 6. The highest BCUT2D eigenvalue weighted by molar-refractivity contribution is 5.94. The predicted molar refractivity (Wildman–Crippen MR) is 123 cm³/mol. The molecule has 1 aliphatic heterocycles. The van der Waals surface area contributed by atoms with Crippen molar-refractivity contribution in [2.75, 3.05) is 13.1 Å². The Morgan fingerprint density at radius 1 is 1.16 bits per heavy atom. The minimum atomic E-state index is -0.292. The van der Waals surface area contributed by atoms with Crippen LogP contribution >= 0.6 is 0 Å². The second kappa shape index (κ2) is 10.0. The van der Waals surface area contributed by atoms with E-state index in [0.29, 0.717) is 17.8 Å². The van der Waals surface area contributed by atoms with Gasteiger partial charge in [-0.2, -0.15) is 0 Å². The summed E-state index contributed by atoms with van der Waals surface area (Å²) >= 11 is 0. The van der Waals surface area contributed by atoms with E-state index in [4.69, 9.17) is 4.98 Å². The first kappa shape index (κ1) is 22.1. The lowest BCUT2D eigenvalue weighted by Crippen LogP contribution is -2.34. The lowest BCUT2D eigenvalue weighted by molar-refractivity contribution is 0.0949. The molecule has 0 spiro atoms. The van der Waals surface area contributed by atoms with Gasteiger partial charge in [0, 0.05) is 31.7 Å². The average molecular weight is 433 g/mol. The number of halogens is 1. The van der Waals surface area contributed by atoms with E-state index >= 15 is 0 Å². The van der Waals surface area contributed by atoms with Crippen LogP contribution in [0.5, 0.6) is 0 Å².